The first-order valence-electron chi connectivity index (χ1n) is 6.83. The largest absolute Gasteiger partial charge is 0.493 e. The van der Waals surface area contributed by atoms with Gasteiger partial charge in [0.25, 0.3) is 0 Å². The molecular weight excluding hydrogens is 266 g/mol. The van der Waals surface area contributed by atoms with E-state index >= 15 is 0 Å². The highest BCUT2D eigenvalue weighted by atomic mass is 16.5. The van der Waals surface area contributed by atoms with Crippen molar-refractivity contribution in [2.45, 2.75) is 13.3 Å². The highest BCUT2D eigenvalue weighted by molar-refractivity contribution is 5.81. The van der Waals surface area contributed by atoms with Crippen LogP contribution in [0, 0.1) is 0 Å². The summed E-state index contributed by atoms with van der Waals surface area (Å²) in [6.45, 7) is 2.74. The first-order valence-corrected chi connectivity index (χ1v) is 6.83. The molecule has 5 heteroatoms. The van der Waals surface area contributed by atoms with Crippen LogP contribution < -0.4 is 14.9 Å². The Morgan fingerprint density at radius 1 is 1.19 bits per heavy atom. The molecule has 0 aliphatic carbocycles. The third-order valence-corrected chi connectivity index (χ3v) is 2.74. The molecule has 2 rings (SSSR count). The van der Waals surface area contributed by atoms with Gasteiger partial charge >= 0.3 is 0 Å². The lowest BCUT2D eigenvalue weighted by molar-refractivity contribution is 0.294. The van der Waals surface area contributed by atoms with E-state index in [2.05, 4.69) is 22.4 Å². The van der Waals surface area contributed by atoms with Gasteiger partial charge in [-0.25, -0.2) is 0 Å². The zero-order chi connectivity index (χ0) is 14.9. The Kier molecular flexibility index (Phi) is 5.58. The van der Waals surface area contributed by atoms with E-state index < -0.39 is 0 Å². The van der Waals surface area contributed by atoms with Crippen molar-refractivity contribution in [3.63, 3.8) is 0 Å². The van der Waals surface area contributed by atoms with Gasteiger partial charge in [-0.15, -0.1) is 0 Å². The van der Waals surface area contributed by atoms with Gasteiger partial charge in [-0.1, -0.05) is 6.92 Å². The molecular formula is C16H19N3O2. The zero-order valence-corrected chi connectivity index (χ0v) is 12.2. The summed E-state index contributed by atoms with van der Waals surface area (Å²) in [6, 6.07) is 9.41. The maximum atomic E-state index is 5.61. The lowest BCUT2D eigenvalue weighted by Crippen LogP contribution is -1.98. The standard InChI is InChI=1S/C16H19N3O2/c1-3-10-21-15-5-4-13(11-16(15)20-2)12-18-19-14-6-8-17-9-7-14/h4-9,11-12H,3,10H2,1-2H3,(H,17,19). The fourth-order valence-corrected chi connectivity index (χ4v) is 1.70. The van der Waals surface area contributed by atoms with Crippen LogP contribution in [0.15, 0.2) is 47.8 Å². The molecule has 110 valence electrons. The SMILES string of the molecule is CCCOc1ccc(C=NNc2ccncc2)cc1OC. The molecule has 0 unspecified atom stereocenters. The van der Waals surface area contributed by atoms with E-state index in [4.69, 9.17) is 9.47 Å². The van der Waals surface area contributed by atoms with E-state index in [0.717, 1.165) is 23.4 Å². The highest BCUT2D eigenvalue weighted by Crippen LogP contribution is 2.27. The summed E-state index contributed by atoms with van der Waals surface area (Å²) in [7, 11) is 1.63. The summed E-state index contributed by atoms with van der Waals surface area (Å²) in [5, 5.41) is 4.18. The molecule has 1 heterocycles. The minimum Gasteiger partial charge on any atom is -0.493 e. The minimum absolute atomic E-state index is 0.674. The molecule has 0 saturated carbocycles. The van der Waals surface area contributed by atoms with Crippen LogP contribution in [0.5, 0.6) is 11.5 Å². The van der Waals surface area contributed by atoms with Gasteiger partial charge < -0.3 is 9.47 Å². The fourth-order valence-electron chi connectivity index (χ4n) is 1.70. The summed E-state index contributed by atoms with van der Waals surface area (Å²) in [6.07, 6.45) is 6.11. The van der Waals surface area contributed by atoms with Crippen molar-refractivity contribution in [1.29, 1.82) is 0 Å². The lowest BCUT2D eigenvalue weighted by atomic mass is 10.2. The van der Waals surface area contributed by atoms with Crippen molar-refractivity contribution < 1.29 is 9.47 Å². The first kappa shape index (κ1) is 14.8. The average Bonchev–Trinajstić information content (AvgIpc) is 2.54. The van der Waals surface area contributed by atoms with Crippen LogP contribution in [0.4, 0.5) is 5.69 Å². The predicted molar refractivity (Wildman–Crippen MR) is 84.2 cm³/mol. The van der Waals surface area contributed by atoms with Crippen LogP contribution in [0.2, 0.25) is 0 Å². The molecule has 0 aliphatic rings. The second kappa shape index (κ2) is 7.89. The Bertz CT molecular complexity index is 585. The quantitative estimate of drug-likeness (QED) is 0.626. The van der Waals surface area contributed by atoms with E-state index in [0.29, 0.717) is 12.4 Å². The van der Waals surface area contributed by atoms with E-state index in [1.54, 1.807) is 25.7 Å². The number of hydrazone groups is 1. The molecule has 0 aliphatic heterocycles. The lowest BCUT2D eigenvalue weighted by Gasteiger charge is -2.10. The van der Waals surface area contributed by atoms with Gasteiger partial charge in [-0.05, 0) is 42.3 Å². The Hall–Kier alpha value is -2.56. The fraction of sp³-hybridized carbons (Fsp3) is 0.250. The number of nitrogens with zero attached hydrogens (tertiary/aromatic N) is 2. The maximum absolute atomic E-state index is 5.61. The topological polar surface area (TPSA) is 55.7 Å². The molecule has 0 fully saturated rings. The van der Waals surface area contributed by atoms with Gasteiger partial charge in [-0.3, -0.25) is 10.4 Å². The van der Waals surface area contributed by atoms with Gasteiger partial charge in [0.1, 0.15) is 0 Å². The number of benzene rings is 1. The van der Waals surface area contributed by atoms with Crippen LogP contribution in [-0.2, 0) is 0 Å². The second-order valence-electron chi connectivity index (χ2n) is 4.36. The Balaban J connectivity index is 2.03. The van der Waals surface area contributed by atoms with E-state index in [1.807, 2.05) is 30.3 Å². The monoisotopic (exact) mass is 285 g/mol. The van der Waals surface area contributed by atoms with E-state index in [9.17, 15) is 0 Å². The van der Waals surface area contributed by atoms with Gasteiger partial charge in [0, 0.05) is 12.4 Å². The maximum Gasteiger partial charge on any atom is 0.161 e. The average molecular weight is 285 g/mol. The third-order valence-electron chi connectivity index (χ3n) is 2.74. The van der Waals surface area contributed by atoms with Crippen molar-refractivity contribution in [3.05, 3.63) is 48.3 Å². The van der Waals surface area contributed by atoms with Gasteiger partial charge in [0.2, 0.25) is 0 Å². The number of nitrogens with one attached hydrogen (secondary N) is 1. The molecule has 21 heavy (non-hydrogen) atoms. The molecule has 0 radical (unpaired) electrons. The van der Waals surface area contributed by atoms with Crippen LogP contribution in [0.3, 0.4) is 0 Å². The molecule has 0 bridgehead atoms. The molecule has 1 aromatic heterocycles. The molecule has 0 saturated heterocycles. The Labute approximate surface area is 124 Å². The summed E-state index contributed by atoms with van der Waals surface area (Å²) in [4.78, 5) is 3.95. The molecule has 5 nitrogen and oxygen atoms in total. The van der Waals surface area contributed by atoms with Gasteiger partial charge in [0.05, 0.1) is 25.6 Å². The number of aromatic nitrogens is 1. The minimum atomic E-state index is 0.674. The predicted octanol–water partition coefficient (Wildman–Crippen LogP) is 3.33. The molecule has 1 aromatic carbocycles. The van der Waals surface area contributed by atoms with Crippen molar-refractivity contribution >= 4 is 11.9 Å². The third kappa shape index (κ3) is 4.49. The number of pyridine rings is 1. The van der Waals surface area contributed by atoms with E-state index in [1.165, 1.54) is 0 Å². The highest BCUT2D eigenvalue weighted by Gasteiger charge is 2.04. The van der Waals surface area contributed by atoms with Crippen molar-refractivity contribution in [2.75, 3.05) is 19.1 Å². The number of hydrogen-bond acceptors (Lipinski definition) is 5. The summed E-state index contributed by atoms with van der Waals surface area (Å²) >= 11 is 0. The second-order valence-corrected chi connectivity index (χ2v) is 4.36. The molecule has 1 N–H and O–H groups in total. The number of methoxy groups -OCH3 is 1. The van der Waals surface area contributed by atoms with Crippen molar-refractivity contribution in [3.8, 4) is 11.5 Å². The van der Waals surface area contributed by atoms with Crippen LogP contribution in [0.1, 0.15) is 18.9 Å². The molecule has 0 spiro atoms. The Morgan fingerprint density at radius 3 is 2.71 bits per heavy atom. The van der Waals surface area contributed by atoms with Crippen LogP contribution in [-0.4, -0.2) is 24.9 Å². The normalized spacial score (nSPS) is 10.6. The molecule has 0 amide bonds. The summed E-state index contributed by atoms with van der Waals surface area (Å²) < 4.78 is 10.9. The molecule has 2 aromatic rings. The van der Waals surface area contributed by atoms with Gasteiger partial charge in [0.15, 0.2) is 11.5 Å². The Morgan fingerprint density at radius 2 is 2.00 bits per heavy atom. The number of anilines is 1. The summed E-state index contributed by atoms with van der Waals surface area (Å²) in [5.41, 5.74) is 4.75. The zero-order valence-electron chi connectivity index (χ0n) is 12.2. The first-order chi connectivity index (χ1) is 10.3. The van der Waals surface area contributed by atoms with E-state index in [-0.39, 0.29) is 0 Å². The van der Waals surface area contributed by atoms with Crippen LogP contribution >= 0.6 is 0 Å². The molecule has 0 atom stereocenters. The number of hydrogen-bond donors (Lipinski definition) is 1. The van der Waals surface area contributed by atoms with Crippen LogP contribution in [0.25, 0.3) is 0 Å². The smallest absolute Gasteiger partial charge is 0.161 e. The van der Waals surface area contributed by atoms with Crippen molar-refractivity contribution in [2.24, 2.45) is 5.10 Å². The number of ether oxygens (including phenoxy) is 2. The summed E-state index contributed by atoms with van der Waals surface area (Å²) in [5.74, 6) is 1.45. The van der Waals surface area contributed by atoms with Crippen molar-refractivity contribution in [1.82, 2.24) is 4.98 Å². The van der Waals surface area contributed by atoms with Gasteiger partial charge in [-0.2, -0.15) is 5.10 Å². The number of rotatable bonds is 7.